The van der Waals surface area contributed by atoms with Crippen LogP contribution in [-0.4, -0.2) is 37.2 Å². The van der Waals surface area contributed by atoms with Crippen molar-refractivity contribution in [3.63, 3.8) is 0 Å². The molecule has 0 N–H and O–H groups in total. The van der Waals surface area contributed by atoms with Crippen LogP contribution in [0, 0.1) is 0 Å². The minimum Gasteiger partial charge on any atom is -0.462 e. The van der Waals surface area contributed by atoms with Gasteiger partial charge < -0.3 is 14.2 Å². The highest BCUT2D eigenvalue weighted by molar-refractivity contribution is 5.71. The maximum atomic E-state index is 12.9. The van der Waals surface area contributed by atoms with Crippen LogP contribution in [0.3, 0.4) is 0 Å². The van der Waals surface area contributed by atoms with E-state index < -0.39 is 6.10 Å². The van der Waals surface area contributed by atoms with Crippen molar-refractivity contribution in [2.75, 3.05) is 13.2 Å². The first-order valence-electron chi connectivity index (χ1n) is 29.7. The number of carbonyl (C=O) groups excluding carboxylic acids is 3. The number of rotatable bonds is 53. The number of unbranched alkanes of at least 4 members (excludes halogenated alkanes) is 26. The molecule has 0 fully saturated rings. The van der Waals surface area contributed by atoms with Crippen molar-refractivity contribution in [3.8, 4) is 0 Å². The Hall–Kier alpha value is -3.67. The third-order valence-corrected chi connectivity index (χ3v) is 12.6. The van der Waals surface area contributed by atoms with Gasteiger partial charge in [0.1, 0.15) is 13.2 Å². The van der Waals surface area contributed by atoms with Gasteiger partial charge in [-0.05, 0) is 109 Å². The molecule has 0 amide bonds. The molecule has 1 unspecified atom stereocenters. The summed E-state index contributed by atoms with van der Waals surface area (Å²) in [5, 5.41) is 0. The number of allylic oxidation sites excluding steroid dienone is 16. The maximum Gasteiger partial charge on any atom is 0.306 e. The molecule has 0 aliphatic rings. The summed E-state index contributed by atoms with van der Waals surface area (Å²) < 4.78 is 16.8. The van der Waals surface area contributed by atoms with Crippen molar-refractivity contribution in [2.45, 2.75) is 284 Å². The third-order valence-electron chi connectivity index (χ3n) is 12.6. The van der Waals surface area contributed by atoms with E-state index >= 15 is 0 Å². The molecule has 0 saturated heterocycles. The van der Waals surface area contributed by atoms with E-state index in [2.05, 4.69) is 112 Å². The molecule has 0 bridgehead atoms. The van der Waals surface area contributed by atoms with Gasteiger partial charge in [-0.25, -0.2) is 0 Å². The predicted molar refractivity (Wildman–Crippen MR) is 307 cm³/mol. The lowest BCUT2D eigenvalue weighted by Crippen LogP contribution is -2.30. The zero-order chi connectivity index (χ0) is 51.4. The molecule has 0 spiro atoms. The minimum absolute atomic E-state index is 0.105. The van der Waals surface area contributed by atoms with Crippen LogP contribution in [0.15, 0.2) is 97.2 Å². The Balaban J connectivity index is 4.41. The van der Waals surface area contributed by atoms with Gasteiger partial charge in [-0.1, -0.05) is 246 Å². The number of ether oxygens (including phenoxy) is 3. The molecule has 71 heavy (non-hydrogen) atoms. The van der Waals surface area contributed by atoms with Crippen LogP contribution in [0.5, 0.6) is 0 Å². The molecule has 406 valence electrons. The lowest BCUT2D eigenvalue weighted by Gasteiger charge is -2.18. The molecule has 6 nitrogen and oxygen atoms in total. The lowest BCUT2D eigenvalue weighted by molar-refractivity contribution is -0.166. The van der Waals surface area contributed by atoms with Crippen molar-refractivity contribution in [3.05, 3.63) is 97.2 Å². The molecule has 0 heterocycles. The Kier molecular flexibility index (Phi) is 55.9. The number of esters is 3. The minimum atomic E-state index is -0.813. The van der Waals surface area contributed by atoms with Crippen LogP contribution in [0.1, 0.15) is 278 Å². The molecule has 0 rings (SSSR count). The van der Waals surface area contributed by atoms with Crippen molar-refractivity contribution in [2.24, 2.45) is 0 Å². The second kappa shape index (κ2) is 58.9. The van der Waals surface area contributed by atoms with E-state index in [0.717, 1.165) is 83.5 Å². The summed E-state index contributed by atoms with van der Waals surface area (Å²) in [7, 11) is 0. The van der Waals surface area contributed by atoms with E-state index in [1.54, 1.807) is 0 Å². The topological polar surface area (TPSA) is 78.9 Å². The highest BCUT2D eigenvalue weighted by Crippen LogP contribution is 2.15. The smallest absolute Gasteiger partial charge is 0.306 e. The standard InChI is InChI=1S/C65H110O6/c1-4-7-10-13-16-19-22-25-27-29-30-31-32-33-34-36-37-40-43-46-49-52-55-58-64(67)70-61-62(60-69-63(66)57-54-51-48-45-42-39-24-21-18-15-12-9-6-3)71-65(68)59-56-53-50-47-44-41-38-35-28-26-23-20-17-14-11-8-5-2/h9,12,18,21-22,25-26,28-30,32-33,39,42,48,51,62H,4-8,10-11,13-17,19-20,23-24,27,31,34-38,40-41,43-47,49-50,52-61H2,1-3H3/b12-9-,21-18-,25-22-,28-26-,30-29-,33-32-,42-39-,51-48-. The first kappa shape index (κ1) is 67.3. The fourth-order valence-electron chi connectivity index (χ4n) is 8.11. The van der Waals surface area contributed by atoms with Gasteiger partial charge in [0.2, 0.25) is 0 Å². The predicted octanol–water partition coefficient (Wildman–Crippen LogP) is 20.1. The van der Waals surface area contributed by atoms with Crippen LogP contribution in [0.4, 0.5) is 0 Å². The Labute approximate surface area is 438 Å². The second-order valence-electron chi connectivity index (χ2n) is 19.5. The van der Waals surface area contributed by atoms with Crippen molar-refractivity contribution < 1.29 is 28.6 Å². The quantitative estimate of drug-likeness (QED) is 0.0261. The highest BCUT2D eigenvalue weighted by atomic mass is 16.6. The summed E-state index contributed by atoms with van der Waals surface area (Å²) in [6.45, 7) is 6.45. The largest absolute Gasteiger partial charge is 0.462 e. The number of carbonyl (C=O) groups is 3. The SMILES string of the molecule is CC/C=C\C/C=C\C/C=C\C/C=C\CCC(=O)OCC(COC(=O)CCCCCCCCCC/C=C\C/C=C\C/C=C\CCCCCCC)OC(=O)CCCCCCCCC/C=C\CCCCCCCC. The van der Waals surface area contributed by atoms with Gasteiger partial charge in [0, 0.05) is 19.3 Å². The van der Waals surface area contributed by atoms with Gasteiger partial charge in [0.25, 0.3) is 0 Å². The van der Waals surface area contributed by atoms with Gasteiger partial charge in [-0.15, -0.1) is 0 Å². The first-order chi connectivity index (χ1) is 35.0. The molecule has 6 heteroatoms. The van der Waals surface area contributed by atoms with E-state index in [1.807, 2.05) is 6.08 Å². The average molecular weight is 988 g/mol. The van der Waals surface area contributed by atoms with Crippen molar-refractivity contribution >= 4 is 17.9 Å². The number of hydrogen-bond donors (Lipinski definition) is 0. The van der Waals surface area contributed by atoms with Crippen LogP contribution < -0.4 is 0 Å². The van der Waals surface area contributed by atoms with Gasteiger partial charge in [0.15, 0.2) is 6.10 Å². The summed E-state index contributed by atoms with van der Waals surface area (Å²) in [6, 6.07) is 0. The normalized spacial score (nSPS) is 12.8. The van der Waals surface area contributed by atoms with Crippen molar-refractivity contribution in [1.29, 1.82) is 0 Å². The fourth-order valence-corrected chi connectivity index (χ4v) is 8.11. The summed E-state index contributed by atoms with van der Waals surface area (Å²) in [4.78, 5) is 38.1. The van der Waals surface area contributed by atoms with Crippen LogP contribution in [0.2, 0.25) is 0 Å². The van der Waals surface area contributed by atoms with Gasteiger partial charge in [0.05, 0.1) is 0 Å². The fraction of sp³-hybridized carbons (Fsp3) is 0.708. The summed E-state index contributed by atoms with van der Waals surface area (Å²) in [5.74, 6) is -0.997. The maximum absolute atomic E-state index is 12.9. The Morgan fingerprint density at radius 1 is 0.296 bits per heavy atom. The van der Waals surface area contributed by atoms with Crippen LogP contribution in [0.25, 0.3) is 0 Å². The van der Waals surface area contributed by atoms with Crippen LogP contribution in [-0.2, 0) is 28.6 Å². The van der Waals surface area contributed by atoms with Gasteiger partial charge in [-0.2, -0.15) is 0 Å². The van der Waals surface area contributed by atoms with Gasteiger partial charge in [-0.3, -0.25) is 14.4 Å². The summed E-state index contributed by atoms with van der Waals surface area (Å²) >= 11 is 0. The van der Waals surface area contributed by atoms with E-state index in [1.165, 1.54) is 148 Å². The first-order valence-corrected chi connectivity index (χ1v) is 29.7. The monoisotopic (exact) mass is 987 g/mol. The Morgan fingerprint density at radius 3 is 0.958 bits per heavy atom. The molecule has 0 aromatic carbocycles. The second-order valence-corrected chi connectivity index (χ2v) is 19.5. The number of hydrogen-bond acceptors (Lipinski definition) is 6. The summed E-state index contributed by atoms with van der Waals surface area (Å²) in [6.07, 6.45) is 78.5. The van der Waals surface area contributed by atoms with E-state index in [4.69, 9.17) is 14.2 Å². The molecule has 0 aliphatic heterocycles. The third kappa shape index (κ3) is 57.1. The zero-order valence-electron chi connectivity index (χ0n) is 46.5. The molecule has 0 saturated carbocycles. The van der Waals surface area contributed by atoms with Crippen LogP contribution >= 0.6 is 0 Å². The molecule has 0 aromatic rings. The molecule has 0 radical (unpaired) electrons. The van der Waals surface area contributed by atoms with E-state index in [0.29, 0.717) is 19.3 Å². The summed E-state index contributed by atoms with van der Waals surface area (Å²) in [5.41, 5.74) is 0. The lowest BCUT2D eigenvalue weighted by atomic mass is 10.1. The molecular formula is C65H110O6. The Bertz CT molecular complexity index is 1410. The molecule has 0 aliphatic carbocycles. The van der Waals surface area contributed by atoms with E-state index in [-0.39, 0.29) is 37.5 Å². The molecule has 1 atom stereocenters. The van der Waals surface area contributed by atoms with E-state index in [9.17, 15) is 14.4 Å². The van der Waals surface area contributed by atoms with Crippen molar-refractivity contribution in [1.82, 2.24) is 0 Å². The average Bonchev–Trinajstić information content (AvgIpc) is 3.37. The molecule has 0 aromatic heterocycles. The Morgan fingerprint density at radius 2 is 0.577 bits per heavy atom. The highest BCUT2D eigenvalue weighted by Gasteiger charge is 2.19. The zero-order valence-corrected chi connectivity index (χ0v) is 46.5. The van der Waals surface area contributed by atoms with Gasteiger partial charge >= 0.3 is 17.9 Å². The molecular weight excluding hydrogens is 877 g/mol.